The number of carbonyl (C=O) groups is 1. The van der Waals surface area contributed by atoms with Gasteiger partial charge in [-0.15, -0.1) is 10.2 Å². The van der Waals surface area contributed by atoms with Gasteiger partial charge >= 0.3 is 0 Å². The Morgan fingerprint density at radius 3 is 2.50 bits per heavy atom. The van der Waals surface area contributed by atoms with Crippen LogP contribution in [0.5, 0.6) is 5.88 Å². The summed E-state index contributed by atoms with van der Waals surface area (Å²) in [5, 5.41) is 30.0. The lowest BCUT2D eigenvalue weighted by atomic mass is 10.2. The van der Waals surface area contributed by atoms with E-state index in [0.717, 1.165) is 17.1 Å². The van der Waals surface area contributed by atoms with Crippen LogP contribution in [-0.4, -0.2) is 20.5 Å². The molecule has 1 N–H and O–H groups in total. The first-order chi connectivity index (χ1) is 14.5. The van der Waals surface area contributed by atoms with E-state index in [4.69, 9.17) is 0 Å². The smallest absolute Gasteiger partial charge is 0.295 e. The van der Waals surface area contributed by atoms with Gasteiger partial charge in [-0.2, -0.15) is 0 Å². The number of nitrogens with zero attached hydrogens (tertiary/aromatic N) is 4. The third-order valence-corrected chi connectivity index (χ3v) is 4.65. The summed E-state index contributed by atoms with van der Waals surface area (Å²) in [7, 11) is 0. The molecule has 1 amide bonds. The highest BCUT2D eigenvalue weighted by Gasteiger charge is 2.17. The highest BCUT2D eigenvalue weighted by atomic mass is 16.6. The standard InChI is InChI=1S/C22H16N4O4/c27-21(16-9-6-10-17(13-16)26(29)30)24-23-20-18-11-4-5-12-19(18)25(22(20)28)14-15-7-2-1-3-8-15/h1-13,28H,14H2. The molecule has 148 valence electrons. The van der Waals surface area contributed by atoms with Crippen LogP contribution in [-0.2, 0) is 6.54 Å². The van der Waals surface area contributed by atoms with E-state index in [1.54, 1.807) is 16.7 Å². The Hall–Kier alpha value is -4.33. The van der Waals surface area contributed by atoms with Crippen molar-refractivity contribution < 1.29 is 14.8 Å². The summed E-state index contributed by atoms with van der Waals surface area (Å²) in [5.74, 6) is -0.853. The number of hydrogen-bond donors (Lipinski definition) is 1. The molecular formula is C22H16N4O4. The van der Waals surface area contributed by atoms with Gasteiger partial charge < -0.3 is 9.67 Å². The number of azo groups is 1. The quantitative estimate of drug-likeness (QED) is 0.281. The number of rotatable bonds is 5. The summed E-state index contributed by atoms with van der Waals surface area (Å²) >= 11 is 0. The van der Waals surface area contributed by atoms with Crippen LogP contribution in [0, 0.1) is 10.1 Å². The maximum absolute atomic E-state index is 12.4. The first kappa shape index (κ1) is 19.0. The van der Waals surface area contributed by atoms with Crippen molar-refractivity contribution in [3.05, 3.63) is 100 Å². The number of amides is 1. The van der Waals surface area contributed by atoms with Crippen molar-refractivity contribution in [2.24, 2.45) is 10.2 Å². The Kier molecular flexibility index (Phi) is 5.04. The van der Waals surface area contributed by atoms with Gasteiger partial charge in [0.2, 0.25) is 5.88 Å². The number of non-ortho nitro benzene ring substituents is 1. The van der Waals surface area contributed by atoms with Crippen LogP contribution in [0.2, 0.25) is 0 Å². The zero-order valence-corrected chi connectivity index (χ0v) is 15.7. The molecule has 8 heteroatoms. The van der Waals surface area contributed by atoms with Gasteiger partial charge in [-0.25, -0.2) is 0 Å². The Balaban J connectivity index is 1.71. The Bertz CT molecular complexity index is 1280. The Labute approximate surface area is 170 Å². The van der Waals surface area contributed by atoms with Crippen molar-refractivity contribution in [3.63, 3.8) is 0 Å². The topological polar surface area (TPSA) is 110 Å². The van der Waals surface area contributed by atoms with Crippen molar-refractivity contribution >= 4 is 28.2 Å². The molecule has 1 aromatic heterocycles. The molecule has 0 bridgehead atoms. The number of aromatic nitrogens is 1. The predicted molar refractivity (Wildman–Crippen MR) is 111 cm³/mol. The summed E-state index contributed by atoms with van der Waals surface area (Å²) in [6, 6.07) is 22.2. The predicted octanol–water partition coefficient (Wildman–Crippen LogP) is 5.23. The maximum Gasteiger partial charge on any atom is 0.295 e. The lowest BCUT2D eigenvalue weighted by Crippen LogP contribution is -1.98. The van der Waals surface area contributed by atoms with Crippen LogP contribution in [0.4, 0.5) is 11.4 Å². The molecule has 0 fully saturated rings. The molecule has 0 saturated carbocycles. The molecule has 0 aliphatic carbocycles. The summed E-state index contributed by atoms with van der Waals surface area (Å²) < 4.78 is 1.69. The summed E-state index contributed by atoms with van der Waals surface area (Å²) in [6.07, 6.45) is 0. The molecule has 0 aliphatic heterocycles. The summed E-state index contributed by atoms with van der Waals surface area (Å²) in [6.45, 7) is 0.418. The van der Waals surface area contributed by atoms with E-state index in [2.05, 4.69) is 10.2 Å². The molecule has 0 unspecified atom stereocenters. The highest BCUT2D eigenvalue weighted by molar-refractivity contribution is 5.97. The maximum atomic E-state index is 12.4. The minimum atomic E-state index is -0.738. The van der Waals surface area contributed by atoms with E-state index < -0.39 is 10.8 Å². The highest BCUT2D eigenvalue weighted by Crippen LogP contribution is 2.39. The van der Waals surface area contributed by atoms with Gasteiger partial charge in [-0.1, -0.05) is 54.6 Å². The van der Waals surface area contributed by atoms with Gasteiger partial charge in [0.15, 0.2) is 5.69 Å². The molecule has 0 spiro atoms. The minimum absolute atomic E-state index is 0.0421. The summed E-state index contributed by atoms with van der Waals surface area (Å²) in [4.78, 5) is 22.7. The molecule has 0 radical (unpaired) electrons. The third-order valence-electron chi connectivity index (χ3n) is 4.65. The van der Waals surface area contributed by atoms with Crippen LogP contribution in [0.1, 0.15) is 15.9 Å². The van der Waals surface area contributed by atoms with Gasteiger partial charge in [-0.3, -0.25) is 14.9 Å². The second kappa shape index (κ2) is 7.96. The summed E-state index contributed by atoms with van der Waals surface area (Å²) in [5.41, 5.74) is 1.74. The fourth-order valence-corrected chi connectivity index (χ4v) is 3.20. The SMILES string of the molecule is O=C(N=Nc1c(O)n(Cc2ccccc2)c2ccccc12)c1cccc([N+](=O)[O-])c1. The fraction of sp³-hybridized carbons (Fsp3) is 0.0455. The van der Waals surface area contributed by atoms with Crippen molar-refractivity contribution in [1.82, 2.24) is 4.57 Å². The van der Waals surface area contributed by atoms with E-state index in [9.17, 15) is 20.0 Å². The van der Waals surface area contributed by atoms with Crippen LogP contribution < -0.4 is 0 Å². The van der Waals surface area contributed by atoms with E-state index >= 15 is 0 Å². The van der Waals surface area contributed by atoms with Crippen LogP contribution >= 0.6 is 0 Å². The van der Waals surface area contributed by atoms with Crippen LogP contribution in [0.15, 0.2) is 89.1 Å². The van der Waals surface area contributed by atoms with Gasteiger partial charge in [-0.05, 0) is 17.7 Å². The van der Waals surface area contributed by atoms with Gasteiger partial charge in [0, 0.05) is 17.5 Å². The zero-order chi connectivity index (χ0) is 21.1. The largest absolute Gasteiger partial charge is 0.493 e. The Morgan fingerprint density at radius 1 is 1.00 bits per heavy atom. The Morgan fingerprint density at radius 2 is 1.73 bits per heavy atom. The molecule has 30 heavy (non-hydrogen) atoms. The lowest BCUT2D eigenvalue weighted by Gasteiger charge is -2.06. The second-order valence-electron chi connectivity index (χ2n) is 6.57. The molecule has 0 atom stereocenters. The zero-order valence-electron chi connectivity index (χ0n) is 15.7. The van der Waals surface area contributed by atoms with Gasteiger partial charge in [0.1, 0.15) is 0 Å². The first-order valence-electron chi connectivity index (χ1n) is 9.09. The average molecular weight is 400 g/mol. The number of carbonyl (C=O) groups excluding carboxylic acids is 1. The average Bonchev–Trinajstić information content (AvgIpc) is 3.04. The molecule has 8 nitrogen and oxygen atoms in total. The second-order valence-corrected chi connectivity index (χ2v) is 6.57. The van der Waals surface area contributed by atoms with Crippen LogP contribution in [0.25, 0.3) is 10.9 Å². The van der Waals surface area contributed by atoms with E-state index in [1.165, 1.54) is 18.2 Å². The monoisotopic (exact) mass is 400 g/mol. The number of para-hydroxylation sites is 1. The molecule has 4 rings (SSSR count). The molecule has 1 heterocycles. The van der Waals surface area contributed by atoms with Crippen molar-refractivity contribution in [3.8, 4) is 5.88 Å². The number of nitro groups is 1. The molecule has 0 saturated heterocycles. The number of hydrogen-bond acceptors (Lipinski definition) is 5. The lowest BCUT2D eigenvalue weighted by molar-refractivity contribution is -0.384. The third kappa shape index (κ3) is 3.66. The van der Waals surface area contributed by atoms with Crippen molar-refractivity contribution in [2.45, 2.75) is 6.54 Å². The minimum Gasteiger partial charge on any atom is -0.493 e. The number of nitro benzene ring substituents is 1. The normalized spacial score (nSPS) is 11.2. The van der Waals surface area contributed by atoms with E-state index in [0.29, 0.717) is 11.9 Å². The molecule has 0 aliphatic rings. The van der Waals surface area contributed by atoms with Crippen LogP contribution in [0.3, 0.4) is 0 Å². The molecular weight excluding hydrogens is 384 g/mol. The van der Waals surface area contributed by atoms with Crippen molar-refractivity contribution in [2.75, 3.05) is 0 Å². The van der Waals surface area contributed by atoms with Gasteiger partial charge in [0.05, 0.1) is 22.5 Å². The fourth-order valence-electron chi connectivity index (χ4n) is 3.20. The number of fused-ring (bicyclic) bond motifs is 1. The molecule has 3 aromatic carbocycles. The first-order valence-corrected chi connectivity index (χ1v) is 9.09. The van der Waals surface area contributed by atoms with Crippen molar-refractivity contribution in [1.29, 1.82) is 0 Å². The van der Waals surface area contributed by atoms with Gasteiger partial charge in [0.25, 0.3) is 11.6 Å². The number of benzene rings is 3. The van der Waals surface area contributed by atoms with E-state index in [-0.39, 0.29) is 22.8 Å². The number of aromatic hydroxyl groups is 1. The van der Waals surface area contributed by atoms with E-state index in [1.807, 2.05) is 42.5 Å². The molecule has 4 aromatic rings.